The van der Waals surface area contributed by atoms with E-state index >= 15 is 0 Å². The summed E-state index contributed by atoms with van der Waals surface area (Å²) in [5.74, 6) is -0.127. The number of aliphatic hydroxyl groups excluding tert-OH is 2. The highest BCUT2D eigenvalue weighted by atomic mass is 16.5. The molecule has 0 spiro atoms. The highest BCUT2D eigenvalue weighted by Gasteiger charge is 2.18. The van der Waals surface area contributed by atoms with E-state index in [1.54, 1.807) is 6.08 Å². The van der Waals surface area contributed by atoms with Crippen molar-refractivity contribution in [2.45, 2.75) is 296 Å². The van der Waals surface area contributed by atoms with Crippen LogP contribution in [0.25, 0.3) is 0 Å². The van der Waals surface area contributed by atoms with Crippen molar-refractivity contribution < 1.29 is 24.5 Å². The van der Waals surface area contributed by atoms with Crippen LogP contribution in [0.2, 0.25) is 0 Å². The smallest absolute Gasteiger partial charge is 0.305 e. The second kappa shape index (κ2) is 53.4. The van der Waals surface area contributed by atoms with E-state index in [0.717, 1.165) is 83.5 Å². The number of carbonyl (C=O) groups excluding carboxylic acids is 2. The number of nitrogens with one attached hydrogen (secondary N) is 1. The summed E-state index contributed by atoms with van der Waals surface area (Å²) in [4.78, 5) is 24.5. The quantitative estimate of drug-likeness (QED) is 0.0321. The molecular formula is C58H107NO5. The minimum atomic E-state index is -0.864. The van der Waals surface area contributed by atoms with Crippen molar-refractivity contribution in [1.82, 2.24) is 5.32 Å². The predicted molar refractivity (Wildman–Crippen MR) is 278 cm³/mol. The van der Waals surface area contributed by atoms with Gasteiger partial charge in [-0.2, -0.15) is 0 Å². The van der Waals surface area contributed by atoms with Crippen LogP contribution in [0.5, 0.6) is 0 Å². The van der Waals surface area contributed by atoms with Crippen molar-refractivity contribution >= 4 is 11.9 Å². The van der Waals surface area contributed by atoms with Crippen LogP contribution in [0.4, 0.5) is 0 Å². The van der Waals surface area contributed by atoms with Crippen LogP contribution in [0.1, 0.15) is 284 Å². The van der Waals surface area contributed by atoms with Gasteiger partial charge in [0.25, 0.3) is 0 Å². The Kier molecular flexibility index (Phi) is 51.6. The Hall–Kier alpha value is -2.18. The van der Waals surface area contributed by atoms with Crippen LogP contribution in [-0.4, -0.2) is 47.4 Å². The standard InChI is InChI=1S/C58H107NO5/c1-3-5-7-9-11-13-15-17-19-20-21-22-23-24-26-30-34-38-42-46-50-56(61)55(54-60)59-57(62)51-47-43-39-35-31-27-25-29-33-37-41-45-49-53-64-58(63)52-48-44-40-36-32-28-18-16-14-12-10-8-6-4-2/h10,12,16,18,27,31,46,50,55-56,60-61H,3-9,11,13-15,17,19-26,28-30,32-45,47-49,51-54H2,1-2H3,(H,59,62)/b12-10-,18-16-,31-27-,50-46+. The lowest BCUT2D eigenvalue weighted by molar-refractivity contribution is -0.143. The first-order chi connectivity index (χ1) is 31.5. The van der Waals surface area contributed by atoms with Crippen LogP contribution in [0.15, 0.2) is 48.6 Å². The van der Waals surface area contributed by atoms with Crippen LogP contribution < -0.4 is 5.32 Å². The van der Waals surface area contributed by atoms with Crippen molar-refractivity contribution in [2.24, 2.45) is 0 Å². The molecule has 0 saturated carbocycles. The maximum Gasteiger partial charge on any atom is 0.305 e. The highest BCUT2D eigenvalue weighted by Crippen LogP contribution is 2.16. The van der Waals surface area contributed by atoms with Crippen molar-refractivity contribution in [1.29, 1.82) is 0 Å². The maximum atomic E-state index is 12.5. The van der Waals surface area contributed by atoms with Gasteiger partial charge < -0.3 is 20.3 Å². The van der Waals surface area contributed by atoms with Crippen LogP contribution in [0.3, 0.4) is 0 Å². The molecule has 2 unspecified atom stereocenters. The summed E-state index contributed by atoms with van der Waals surface area (Å²) in [7, 11) is 0. The molecule has 374 valence electrons. The van der Waals surface area contributed by atoms with Gasteiger partial charge in [0.2, 0.25) is 5.91 Å². The lowest BCUT2D eigenvalue weighted by atomic mass is 10.0. The molecule has 6 heteroatoms. The molecule has 2 atom stereocenters. The van der Waals surface area contributed by atoms with E-state index < -0.39 is 12.1 Å². The third-order valence-electron chi connectivity index (χ3n) is 12.6. The van der Waals surface area contributed by atoms with Gasteiger partial charge >= 0.3 is 5.97 Å². The van der Waals surface area contributed by atoms with Gasteiger partial charge in [0, 0.05) is 12.8 Å². The van der Waals surface area contributed by atoms with E-state index in [2.05, 4.69) is 55.6 Å². The first-order valence-electron chi connectivity index (χ1n) is 27.9. The Morgan fingerprint density at radius 3 is 1.27 bits per heavy atom. The normalized spacial score (nSPS) is 13.0. The molecule has 6 nitrogen and oxygen atoms in total. The first-order valence-corrected chi connectivity index (χ1v) is 27.9. The van der Waals surface area contributed by atoms with Crippen molar-refractivity contribution in [2.75, 3.05) is 13.2 Å². The number of hydrogen-bond acceptors (Lipinski definition) is 5. The summed E-state index contributed by atoms with van der Waals surface area (Å²) in [5.41, 5.74) is 0. The molecule has 0 heterocycles. The minimum Gasteiger partial charge on any atom is -0.466 e. The summed E-state index contributed by atoms with van der Waals surface area (Å²) < 4.78 is 5.45. The maximum absolute atomic E-state index is 12.5. The summed E-state index contributed by atoms with van der Waals surface area (Å²) in [6.45, 7) is 4.82. The summed E-state index contributed by atoms with van der Waals surface area (Å²) in [6, 6.07) is -0.650. The highest BCUT2D eigenvalue weighted by molar-refractivity contribution is 5.76. The average Bonchev–Trinajstić information content (AvgIpc) is 3.29. The zero-order chi connectivity index (χ0) is 46.5. The number of ether oxygens (including phenoxy) is 1. The molecule has 3 N–H and O–H groups in total. The van der Waals surface area contributed by atoms with Gasteiger partial charge in [-0.3, -0.25) is 9.59 Å². The zero-order valence-electron chi connectivity index (χ0n) is 42.5. The number of hydrogen-bond donors (Lipinski definition) is 3. The van der Waals surface area contributed by atoms with Gasteiger partial charge in [0.05, 0.1) is 25.4 Å². The van der Waals surface area contributed by atoms with Crippen molar-refractivity contribution in [3.05, 3.63) is 48.6 Å². The largest absolute Gasteiger partial charge is 0.466 e. The molecule has 0 aromatic carbocycles. The SMILES string of the molecule is CCCC/C=C\C/C=C\CCCCCCCC(=O)OCCCCCCCC/C=C\CCCCCC(=O)NC(CO)C(O)/C=C/CCCCCCCCCCCCCCCCCCCC. The molecule has 0 saturated heterocycles. The summed E-state index contributed by atoms with van der Waals surface area (Å²) in [5, 5.41) is 23.1. The summed E-state index contributed by atoms with van der Waals surface area (Å²) >= 11 is 0. The van der Waals surface area contributed by atoms with E-state index in [1.165, 1.54) is 173 Å². The van der Waals surface area contributed by atoms with Gasteiger partial charge in [-0.05, 0) is 83.5 Å². The fourth-order valence-corrected chi connectivity index (χ4v) is 8.23. The average molecular weight is 898 g/mol. The third-order valence-corrected chi connectivity index (χ3v) is 12.6. The molecule has 0 aliphatic rings. The molecule has 0 aliphatic carbocycles. The monoisotopic (exact) mass is 898 g/mol. The number of amides is 1. The molecule has 0 radical (unpaired) electrons. The fraction of sp³-hybridized carbons (Fsp3) is 0.828. The van der Waals surface area contributed by atoms with Crippen molar-refractivity contribution in [3.8, 4) is 0 Å². The fourth-order valence-electron chi connectivity index (χ4n) is 8.23. The van der Waals surface area contributed by atoms with E-state index in [9.17, 15) is 19.8 Å². The molecule has 0 rings (SSSR count). The number of aliphatic hydroxyl groups is 2. The van der Waals surface area contributed by atoms with Crippen molar-refractivity contribution in [3.63, 3.8) is 0 Å². The molecule has 1 amide bonds. The van der Waals surface area contributed by atoms with E-state index in [0.29, 0.717) is 19.4 Å². The topological polar surface area (TPSA) is 95.9 Å². The third kappa shape index (κ3) is 49.3. The van der Waals surface area contributed by atoms with E-state index in [4.69, 9.17) is 4.74 Å². The molecular weight excluding hydrogens is 791 g/mol. The Labute approximate surface area is 397 Å². The molecule has 0 aliphatic heterocycles. The lowest BCUT2D eigenvalue weighted by Gasteiger charge is -2.19. The van der Waals surface area contributed by atoms with Gasteiger partial charge in [-0.25, -0.2) is 0 Å². The zero-order valence-corrected chi connectivity index (χ0v) is 42.5. The van der Waals surface area contributed by atoms with Crippen LogP contribution in [-0.2, 0) is 14.3 Å². The van der Waals surface area contributed by atoms with Gasteiger partial charge in [-0.1, -0.05) is 236 Å². The second-order valence-corrected chi connectivity index (χ2v) is 18.9. The lowest BCUT2D eigenvalue weighted by Crippen LogP contribution is -2.45. The molecule has 0 fully saturated rings. The van der Waals surface area contributed by atoms with Gasteiger partial charge in [0.15, 0.2) is 0 Å². The van der Waals surface area contributed by atoms with E-state index in [1.807, 2.05) is 6.08 Å². The Morgan fingerprint density at radius 1 is 0.438 bits per heavy atom. The van der Waals surface area contributed by atoms with Crippen LogP contribution >= 0.6 is 0 Å². The summed E-state index contributed by atoms with van der Waals surface area (Å²) in [6.07, 6.45) is 66.9. The number of carbonyl (C=O) groups is 2. The Bertz CT molecular complexity index is 1080. The van der Waals surface area contributed by atoms with Gasteiger partial charge in [0.1, 0.15) is 0 Å². The number of esters is 1. The minimum absolute atomic E-state index is 0.0290. The molecule has 0 aromatic rings. The molecule has 0 bridgehead atoms. The van der Waals surface area contributed by atoms with E-state index in [-0.39, 0.29) is 18.5 Å². The van der Waals surface area contributed by atoms with Crippen LogP contribution in [0, 0.1) is 0 Å². The Morgan fingerprint density at radius 2 is 0.797 bits per heavy atom. The number of unbranched alkanes of at least 4 members (excludes halogenated alkanes) is 34. The molecule has 64 heavy (non-hydrogen) atoms. The second-order valence-electron chi connectivity index (χ2n) is 18.9. The van der Waals surface area contributed by atoms with Gasteiger partial charge in [-0.15, -0.1) is 0 Å². The predicted octanol–water partition coefficient (Wildman–Crippen LogP) is 17.0. The molecule has 0 aromatic heterocycles. The Balaban J connectivity index is 3.55. The number of allylic oxidation sites excluding steroid dienone is 7. The first kappa shape index (κ1) is 61.8. The number of rotatable bonds is 51.